The molecule has 2 fully saturated rings. The van der Waals surface area contributed by atoms with E-state index in [0.29, 0.717) is 6.54 Å². The summed E-state index contributed by atoms with van der Waals surface area (Å²) >= 11 is 0. The van der Waals surface area contributed by atoms with Gasteiger partial charge in [-0.3, -0.25) is 9.69 Å². The van der Waals surface area contributed by atoms with Crippen LogP contribution >= 0.6 is 0 Å². The lowest BCUT2D eigenvalue weighted by Crippen LogP contribution is -2.45. The van der Waals surface area contributed by atoms with Crippen LogP contribution < -0.4 is 0 Å². The highest BCUT2D eigenvalue weighted by Crippen LogP contribution is 1.98. The third-order valence-electron chi connectivity index (χ3n) is 4.09. The minimum Gasteiger partial charge on any atom is -0.304 e. The molecule has 0 aromatic carbocycles. The standard InChI is InChI=1S/C8H16N2O.C7H16N2.2CH4/c1-8(11)7-10-5-3-9(2)4-6-10;1-3-9-6-4-8(2)5-7-9;;/h3-7H2,1-2H3;3-7H2,1-2H3;2*1H4. The molecule has 0 saturated carbocycles. The Bertz CT molecular complexity index is 270. The molecule has 22 heavy (non-hydrogen) atoms. The highest BCUT2D eigenvalue weighted by Gasteiger charge is 2.14. The van der Waals surface area contributed by atoms with Crippen molar-refractivity contribution in [2.75, 3.05) is 79.5 Å². The Morgan fingerprint density at radius 3 is 1.45 bits per heavy atom. The first-order valence-corrected chi connectivity index (χ1v) is 7.82. The largest absolute Gasteiger partial charge is 0.304 e. The van der Waals surface area contributed by atoms with Gasteiger partial charge in [0.1, 0.15) is 5.78 Å². The van der Waals surface area contributed by atoms with Crippen molar-refractivity contribution in [3.63, 3.8) is 0 Å². The molecule has 0 N–H and O–H groups in total. The molecule has 0 spiro atoms. The predicted octanol–water partition coefficient (Wildman–Crippen LogP) is 1.35. The van der Waals surface area contributed by atoms with Gasteiger partial charge < -0.3 is 14.7 Å². The SMILES string of the molecule is C.C.CC(=O)CN1CCN(C)CC1.CCN1CCN(C)CC1. The van der Waals surface area contributed by atoms with Gasteiger partial charge in [0.2, 0.25) is 0 Å². The van der Waals surface area contributed by atoms with Crippen molar-refractivity contribution in [3.8, 4) is 0 Å². The topological polar surface area (TPSA) is 30.0 Å². The van der Waals surface area contributed by atoms with Gasteiger partial charge in [-0.25, -0.2) is 0 Å². The summed E-state index contributed by atoms with van der Waals surface area (Å²) in [6.07, 6.45) is 0. The Labute approximate surface area is 139 Å². The van der Waals surface area contributed by atoms with E-state index in [4.69, 9.17) is 0 Å². The molecular formula is C17H40N4O. The Kier molecular flexibility index (Phi) is 14.0. The molecule has 2 heterocycles. The molecule has 0 unspecified atom stereocenters. The van der Waals surface area contributed by atoms with E-state index in [1.807, 2.05) is 0 Å². The molecule has 2 aliphatic heterocycles. The fourth-order valence-corrected chi connectivity index (χ4v) is 2.48. The first-order valence-electron chi connectivity index (χ1n) is 7.82. The number of hydrogen-bond donors (Lipinski definition) is 0. The Morgan fingerprint density at radius 1 is 0.773 bits per heavy atom. The number of likely N-dealkylation sites (N-methyl/N-ethyl adjacent to an activating group) is 3. The number of carbonyl (C=O) groups is 1. The van der Waals surface area contributed by atoms with Gasteiger partial charge in [-0.2, -0.15) is 0 Å². The van der Waals surface area contributed by atoms with E-state index in [2.05, 4.69) is 40.6 Å². The average Bonchev–Trinajstić information content (AvgIpc) is 2.43. The molecule has 0 aromatic heterocycles. The molecule has 2 rings (SSSR count). The van der Waals surface area contributed by atoms with E-state index in [0.717, 1.165) is 26.2 Å². The third-order valence-corrected chi connectivity index (χ3v) is 4.09. The zero-order valence-electron chi connectivity index (χ0n) is 13.8. The minimum atomic E-state index is 0. The van der Waals surface area contributed by atoms with Gasteiger partial charge in [0, 0.05) is 52.4 Å². The molecular weight excluding hydrogens is 276 g/mol. The van der Waals surface area contributed by atoms with Gasteiger partial charge in [0.05, 0.1) is 6.54 Å². The maximum atomic E-state index is 10.7. The van der Waals surface area contributed by atoms with Crippen molar-refractivity contribution in [2.24, 2.45) is 0 Å². The van der Waals surface area contributed by atoms with Gasteiger partial charge >= 0.3 is 0 Å². The first-order chi connectivity index (χ1) is 9.51. The summed E-state index contributed by atoms with van der Waals surface area (Å²) in [7, 11) is 4.30. The molecule has 0 bridgehead atoms. The van der Waals surface area contributed by atoms with Gasteiger partial charge in [-0.1, -0.05) is 21.8 Å². The second-order valence-electron chi connectivity index (χ2n) is 6.02. The van der Waals surface area contributed by atoms with Gasteiger partial charge in [-0.15, -0.1) is 0 Å². The summed E-state index contributed by atoms with van der Waals surface area (Å²) in [4.78, 5) is 20.1. The quantitative estimate of drug-likeness (QED) is 0.784. The lowest BCUT2D eigenvalue weighted by Gasteiger charge is -2.31. The fraction of sp³-hybridized carbons (Fsp3) is 0.941. The van der Waals surface area contributed by atoms with Crippen LogP contribution in [0.15, 0.2) is 0 Å². The van der Waals surface area contributed by atoms with E-state index in [1.165, 1.54) is 32.7 Å². The molecule has 0 aromatic rings. The summed E-state index contributed by atoms with van der Waals surface area (Å²) in [5.74, 6) is 0.273. The summed E-state index contributed by atoms with van der Waals surface area (Å²) in [6.45, 7) is 15.0. The Morgan fingerprint density at radius 2 is 1.14 bits per heavy atom. The lowest BCUT2D eigenvalue weighted by molar-refractivity contribution is -0.118. The number of ketones is 1. The third kappa shape index (κ3) is 10.3. The molecule has 0 radical (unpaired) electrons. The zero-order chi connectivity index (χ0) is 15.0. The van der Waals surface area contributed by atoms with Gasteiger partial charge in [-0.05, 0) is 27.6 Å². The zero-order valence-corrected chi connectivity index (χ0v) is 13.8. The smallest absolute Gasteiger partial charge is 0.143 e. The van der Waals surface area contributed by atoms with E-state index < -0.39 is 0 Å². The normalized spacial score (nSPS) is 21.1. The summed E-state index contributed by atoms with van der Waals surface area (Å²) in [5, 5.41) is 0. The van der Waals surface area contributed by atoms with Crippen LogP contribution in [0.4, 0.5) is 0 Å². The van der Waals surface area contributed by atoms with Crippen LogP contribution in [0, 0.1) is 0 Å². The van der Waals surface area contributed by atoms with Crippen LogP contribution in [-0.2, 0) is 4.79 Å². The summed E-state index contributed by atoms with van der Waals surface area (Å²) in [5.41, 5.74) is 0. The summed E-state index contributed by atoms with van der Waals surface area (Å²) < 4.78 is 0. The van der Waals surface area contributed by atoms with Crippen LogP contribution in [0.5, 0.6) is 0 Å². The molecule has 5 heteroatoms. The number of rotatable bonds is 3. The Balaban J connectivity index is 0. The lowest BCUT2D eigenvalue weighted by atomic mass is 10.3. The van der Waals surface area contributed by atoms with Crippen molar-refractivity contribution >= 4 is 5.78 Å². The Hall–Kier alpha value is -0.490. The monoisotopic (exact) mass is 316 g/mol. The number of carbonyl (C=O) groups excluding carboxylic acids is 1. The van der Waals surface area contributed by atoms with E-state index in [-0.39, 0.29) is 20.6 Å². The van der Waals surface area contributed by atoms with Crippen molar-refractivity contribution in [3.05, 3.63) is 0 Å². The van der Waals surface area contributed by atoms with E-state index >= 15 is 0 Å². The van der Waals surface area contributed by atoms with Crippen LogP contribution in [0.2, 0.25) is 0 Å². The molecule has 5 nitrogen and oxygen atoms in total. The number of nitrogens with zero attached hydrogens (tertiary/aromatic N) is 4. The highest BCUT2D eigenvalue weighted by molar-refractivity contribution is 5.77. The van der Waals surface area contributed by atoms with Gasteiger partial charge in [0.25, 0.3) is 0 Å². The molecule has 2 aliphatic rings. The van der Waals surface area contributed by atoms with Crippen molar-refractivity contribution in [1.29, 1.82) is 0 Å². The van der Waals surface area contributed by atoms with E-state index in [1.54, 1.807) is 6.92 Å². The number of Topliss-reactive ketones (excluding diaryl/α,β-unsaturated/α-hetero) is 1. The number of piperazine rings is 2. The van der Waals surface area contributed by atoms with Crippen molar-refractivity contribution in [1.82, 2.24) is 19.6 Å². The average molecular weight is 317 g/mol. The molecule has 134 valence electrons. The summed E-state index contributed by atoms with van der Waals surface area (Å²) in [6, 6.07) is 0. The predicted molar refractivity (Wildman–Crippen MR) is 97.7 cm³/mol. The first kappa shape index (κ1) is 23.8. The van der Waals surface area contributed by atoms with Crippen LogP contribution in [0.1, 0.15) is 28.7 Å². The maximum Gasteiger partial charge on any atom is 0.143 e. The molecule has 2 saturated heterocycles. The second-order valence-corrected chi connectivity index (χ2v) is 6.02. The second kappa shape index (κ2) is 13.0. The fourth-order valence-electron chi connectivity index (χ4n) is 2.48. The van der Waals surface area contributed by atoms with Crippen LogP contribution in [0.3, 0.4) is 0 Å². The molecule has 0 amide bonds. The van der Waals surface area contributed by atoms with Crippen LogP contribution in [-0.4, -0.2) is 105 Å². The maximum absolute atomic E-state index is 10.7. The van der Waals surface area contributed by atoms with Crippen molar-refractivity contribution in [2.45, 2.75) is 28.7 Å². The van der Waals surface area contributed by atoms with E-state index in [9.17, 15) is 4.79 Å². The van der Waals surface area contributed by atoms with Crippen molar-refractivity contribution < 1.29 is 4.79 Å². The van der Waals surface area contributed by atoms with Crippen LogP contribution in [0.25, 0.3) is 0 Å². The minimum absolute atomic E-state index is 0. The molecule has 0 atom stereocenters. The number of hydrogen-bond acceptors (Lipinski definition) is 5. The van der Waals surface area contributed by atoms with Gasteiger partial charge in [0.15, 0.2) is 0 Å². The highest BCUT2D eigenvalue weighted by atomic mass is 16.1. The molecule has 0 aliphatic carbocycles.